The van der Waals surface area contributed by atoms with E-state index < -0.39 is 41.6 Å². The number of nitrogens with one attached hydrogen (secondary N) is 1. The summed E-state index contributed by atoms with van der Waals surface area (Å²) >= 11 is 0. The molecule has 4 atom stereocenters. The van der Waals surface area contributed by atoms with Crippen molar-refractivity contribution >= 4 is 11.8 Å². The van der Waals surface area contributed by atoms with Gasteiger partial charge in [-0.15, -0.1) is 0 Å². The molecule has 3 rings (SSSR count). The summed E-state index contributed by atoms with van der Waals surface area (Å²) < 4.78 is 17.1. The van der Waals surface area contributed by atoms with Gasteiger partial charge in [0.05, 0.1) is 5.41 Å². The largest absolute Gasteiger partial charge is 0.462 e. The molecule has 0 bridgehead atoms. The fraction of sp³-hybridized carbons (Fsp3) is 0.688. The number of nitrogens with zero attached hydrogens (tertiary/aromatic N) is 2. The van der Waals surface area contributed by atoms with E-state index in [9.17, 15) is 19.8 Å². The van der Waals surface area contributed by atoms with E-state index in [2.05, 4.69) is 4.98 Å². The molecule has 11 heteroatoms. The summed E-state index contributed by atoms with van der Waals surface area (Å²) in [6.07, 6.45) is -2.64. The summed E-state index contributed by atoms with van der Waals surface area (Å²) in [5, 5.41) is 29.2. The van der Waals surface area contributed by atoms with Crippen LogP contribution in [-0.4, -0.2) is 69.1 Å². The number of hydrogen-bond donors (Lipinski definition) is 4. The molecule has 1 aromatic rings. The van der Waals surface area contributed by atoms with Crippen LogP contribution < -0.4 is 11.2 Å². The summed E-state index contributed by atoms with van der Waals surface area (Å²) in [6.45, 7) is 2.49. The van der Waals surface area contributed by atoms with E-state index in [0.717, 1.165) is 4.57 Å². The third-order valence-electron chi connectivity index (χ3n) is 5.02. The normalized spacial score (nSPS) is 30.1. The lowest BCUT2D eigenvalue weighted by atomic mass is 9.82. The average Bonchev–Trinajstić information content (AvgIpc) is 2.94. The first-order valence-electron chi connectivity index (χ1n) is 8.61. The minimum Gasteiger partial charge on any atom is -0.462 e. The van der Waals surface area contributed by atoms with Gasteiger partial charge < -0.3 is 24.4 Å². The number of aliphatic hydroxyl groups excluding tert-OH is 2. The molecular formula is C16H23N3O8. The van der Waals surface area contributed by atoms with Crippen LogP contribution in [0.3, 0.4) is 0 Å². The quantitative estimate of drug-likeness (QED) is 0.368. The highest BCUT2D eigenvalue weighted by Gasteiger charge is 2.45. The highest BCUT2D eigenvalue weighted by molar-refractivity contribution is 5.76. The van der Waals surface area contributed by atoms with Crippen LogP contribution in [0.25, 0.3) is 0 Å². The molecule has 3 heterocycles. The van der Waals surface area contributed by atoms with Gasteiger partial charge in [-0.3, -0.25) is 20.0 Å². The molecule has 2 aliphatic heterocycles. The number of carbonyl (C=O) groups excluding carboxylic acids is 1. The Morgan fingerprint density at radius 1 is 1.41 bits per heavy atom. The topological polar surface area (TPSA) is 152 Å². The maximum atomic E-state index is 12.4. The van der Waals surface area contributed by atoms with Crippen molar-refractivity contribution in [2.75, 3.05) is 25.3 Å². The number of aromatic nitrogens is 2. The van der Waals surface area contributed by atoms with E-state index in [1.165, 1.54) is 12.3 Å². The smallest absolute Gasteiger partial charge is 0.351 e. The maximum Gasteiger partial charge on any atom is 0.351 e. The van der Waals surface area contributed by atoms with Gasteiger partial charge in [0, 0.05) is 19.4 Å². The minimum atomic E-state index is -1.42. The van der Waals surface area contributed by atoms with Gasteiger partial charge in [0.15, 0.2) is 12.0 Å². The molecule has 0 saturated carbocycles. The van der Waals surface area contributed by atoms with Crippen molar-refractivity contribution in [2.45, 2.75) is 44.3 Å². The van der Waals surface area contributed by atoms with Gasteiger partial charge in [-0.1, -0.05) is 0 Å². The lowest BCUT2D eigenvalue weighted by Crippen LogP contribution is -2.39. The molecule has 0 unspecified atom stereocenters. The van der Waals surface area contributed by atoms with E-state index in [1.54, 1.807) is 12.4 Å². The minimum absolute atomic E-state index is 0.0699. The zero-order valence-corrected chi connectivity index (χ0v) is 14.8. The summed E-state index contributed by atoms with van der Waals surface area (Å²) in [7, 11) is 0. The molecule has 4 N–H and O–H groups in total. The number of esters is 1. The fourth-order valence-corrected chi connectivity index (χ4v) is 3.12. The van der Waals surface area contributed by atoms with Gasteiger partial charge in [-0.05, 0) is 25.8 Å². The van der Waals surface area contributed by atoms with Crippen LogP contribution in [0.15, 0.2) is 17.1 Å². The van der Waals surface area contributed by atoms with Gasteiger partial charge in [-0.25, -0.2) is 4.79 Å². The number of anilines is 1. The highest BCUT2D eigenvalue weighted by atomic mass is 16.6. The third kappa shape index (κ3) is 3.96. The number of rotatable bonds is 5. The lowest BCUT2D eigenvalue weighted by molar-refractivity contribution is -0.166. The Labute approximate surface area is 154 Å². The summed E-state index contributed by atoms with van der Waals surface area (Å²) in [6, 6.07) is 1.29. The van der Waals surface area contributed by atoms with Crippen molar-refractivity contribution in [1.82, 2.24) is 9.55 Å². The number of ether oxygens (including phenoxy) is 3. The first-order chi connectivity index (χ1) is 12.9. The molecule has 1 aromatic heterocycles. The number of carbonyl (C=O) groups is 1. The molecule has 0 aliphatic carbocycles. The highest BCUT2D eigenvalue weighted by Crippen LogP contribution is 2.33. The molecule has 27 heavy (non-hydrogen) atoms. The summed E-state index contributed by atoms with van der Waals surface area (Å²) in [5.74, 6) is -0.490. The van der Waals surface area contributed by atoms with Crippen LogP contribution in [-0.2, 0) is 19.0 Å². The molecule has 2 saturated heterocycles. The van der Waals surface area contributed by atoms with Gasteiger partial charge in [-0.2, -0.15) is 4.98 Å². The van der Waals surface area contributed by atoms with E-state index in [1.807, 2.05) is 0 Å². The fourth-order valence-electron chi connectivity index (χ4n) is 3.12. The number of aliphatic hydroxyl groups is 2. The molecular weight excluding hydrogens is 362 g/mol. The van der Waals surface area contributed by atoms with Gasteiger partial charge >= 0.3 is 11.7 Å². The van der Waals surface area contributed by atoms with E-state index in [4.69, 9.17) is 19.4 Å². The Balaban J connectivity index is 1.65. The second-order valence-corrected chi connectivity index (χ2v) is 6.93. The Kier molecular flexibility index (Phi) is 5.77. The van der Waals surface area contributed by atoms with E-state index in [-0.39, 0.29) is 12.4 Å². The second kappa shape index (κ2) is 7.90. The monoisotopic (exact) mass is 385 g/mol. The van der Waals surface area contributed by atoms with Crippen molar-refractivity contribution in [1.29, 1.82) is 0 Å². The molecule has 0 radical (unpaired) electrons. The molecule has 0 aromatic carbocycles. The van der Waals surface area contributed by atoms with E-state index >= 15 is 0 Å². The maximum absolute atomic E-state index is 12.4. The predicted molar refractivity (Wildman–Crippen MR) is 88.9 cm³/mol. The van der Waals surface area contributed by atoms with Crippen LogP contribution >= 0.6 is 0 Å². The zero-order chi connectivity index (χ0) is 19.6. The van der Waals surface area contributed by atoms with Crippen molar-refractivity contribution in [3.05, 3.63) is 22.7 Å². The van der Waals surface area contributed by atoms with E-state index in [0.29, 0.717) is 26.1 Å². The van der Waals surface area contributed by atoms with Crippen LogP contribution in [0.1, 0.15) is 26.0 Å². The zero-order valence-electron chi connectivity index (χ0n) is 14.8. The molecule has 11 nitrogen and oxygen atoms in total. The first kappa shape index (κ1) is 19.7. The van der Waals surface area contributed by atoms with Crippen LogP contribution in [0.5, 0.6) is 0 Å². The van der Waals surface area contributed by atoms with Crippen molar-refractivity contribution in [3.63, 3.8) is 0 Å². The SMILES string of the molecule is CC1(C(=O)OC[C@H]2O[C@@H](n3ccc(NO)nc3=O)[C@H](O)[C@@H]2O)CCOCC1. The molecule has 0 spiro atoms. The Morgan fingerprint density at radius 2 is 2.11 bits per heavy atom. The third-order valence-corrected chi connectivity index (χ3v) is 5.02. The standard InChI is InChI=1S/C16H23N3O8/c1-16(3-6-25-7-4-16)14(22)26-8-9-11(20)12(21)13(27-9)19-5-2-10(18-24)17-15(19)23/h2,5,9,11-13,20-21,24H,3-4,6-8H2,1H3,(H,17,18,23)/t9-,11-,12-,13-/m1/s1. The molecule has 150 valence electrons. The molecule has 0 amide bonds. The van der Waals surface area contributed by atoms with Crippen molar-refractivity contribution in [2.24, 2.45) is 5.41 Å². The summed E-state index contributed by atoms with van der Waals surface area (Å²) in [4.78, 5) is 27.9. The van der Waals surface area contributed by atoms with Gasteiger partial charge in [0.1, 0.15) is 24.9 Å². The Hall–Kier alpha value is -2.05. The van der Waals surface area contributed by atoms with Crippen molar-refractivity contribution < 1.29 is 34.4 Å². The Morgan fingerprint density at radius 3 is 2.74 bits per heavy atom. The van der Waals surface area contributed by atoms with Gasteiger partial charge in [0.25, 0.3) is 0 Å². The second-order valence-electron chi connectivity index (χ2n) is 6.93. The van der Waals surface area contributed by atoms with Crippen LogP contribution in [0.2, 0.25) is 0 Å². The predicted octanol–water partition coefficient (Wildman–Crippen LogP) is -0.976. The lowest BCUT2D eigenvalue weighted by Gasteiger charge is -2.31. The summed E-state index contributed by atoms with van der Waals surface area (Å²) in [5.41, 5.74) is 0.285. The number of hydrogen-bond acceptors (Lipinski definition) is 10. The molecule has 2 fully saturated rings. The first-order valence-corrected chi connectivity index (χ1v) is 8.61. The van der Waals surface area contributed by atoms with Crippen LogP contribution in [0.4, 0.5) is 5.82 Å². The van der Waals surface area contributed by atoms with Crippen molar-refractivity contribution in [3.8, 4) is 0 Å². The van der Waals surface area contributed by atoms with Gasteiger partial charge in [0.2, 0.25) is 0 Å². The average molecular weight is 385 g/mol. The molecule has 2 aliphatic rings. The Bertz CT molecular complexity index is 733. The van der Waals surface area contributed by atoms with Crippen LogP contribution in [0, 0.1) is 5.41 Å².